The molecule has 1 aromatic heterocycles. The second-order valence-corrected chi connectivity index (χ2v) is 14.6. The lowest BCUT2D eigenvalue weighted by molar-refractivity contribution is -0.137. The van der Waals surface area contributed by atoms with Crippen molar-refractivity contribution in [1.82, 2.24) is 4.57 Å². The molecular weight excluding hydrogens is 710 g/mol. The van der Waals surface area contributed by atoms with E-state index in [1.54, 1.807) is 18.2 Å². The van der Waals surface area contributed by atoms with E-state index in [-0.39, 0.29) is 21.3 Å². The van der Waals surface area contributed by atoms with Crippen LogP contribution in [0.15, 0.2) is 81.4 Å². The van der Waals surface area contributed by atoms with Gasteiger partial charge in [-0.05, 0) is 60.2 Å². The lowest BCUT2D eigenvalue weighted by atomic mass is 9.83. The van der Waals surface area contributed by atoms with Crippen LogP contribution < -0.4 is 29.7 Å². The first-order valence-electron chi connectivity index (χ1n) is 14.2. The summed E-state index contributed by atoms with van der Waals surface area (Å²) in [7, 11) is -1.13. The monoisotopic (exact) mass is 734 g/mol. The van der Waals surface area contributed by atoms with Crippen molar-refractivity contribution >= 4 is 62.2 Å². The molecule has 3 amide bonds. The Kier molecular flexibility index (Phi) is 8.85. The minimum absolute atomic E-state index is 0.171. The third kappa shape index (κ3) is 6.31. The van der Waals surface area contributed by atoms with Crippen molar-refractivity contribution in [2.75, 3.05) is 24.4 Å². The van der Waals surface area contributed by atoms with Crippen molar-refractivity contribution in [3.8, 4) is 11.5 Å². The number of nitrogens with zero attached hydrogens (tertiary/aromatic N) is 2. The van der Waals surface area contributed by atoms with Crippen LogP contribution in [-0.2, 0) is 37.1 Å². The second-order valence-electron chi connectivity index (χ2n) is 11.0. The second kappa shape index (κ2) is 12.7. The number of methoxy groups -OCH3 is 2. The molecule has 3 N–H and O–H groups in total. The van der Waals surface area contributed by atoms with Crippen molar-refractivity contribution in [1.29, 1.82) is 0 Å². The largest absolute Gasteiger partial charge is 0.493 e. The molecule has 1 saturated heterocycles. The fraction of sp³-hybridized carbons (Fsp3) is 0.226. The van der Waals surface area contributed by atoms with Crippen LogP contribution in [0.5, 0.6) is 11.5 Å². The van der Waals surface area contributed by atoms with Crippen LogP contribution >= 0.6 is 23.1 Å². The number of alkyl halides is 3. The Bertz CT molecular complexity index is 2170. The smallest absolute Gasteiger partial charge is 0.416 e. The van der Waals surface area contributed by atoms with Crippen LogP contribution in [0.2, 0.25) is 0 Å². The average molecular weight is 735 g/mol. The van der Waals surface area contributed by atoms with E-state index in [4.69, 9.17) is 14.6 Å². The number of nitrogens with two attached hydrogens (primary N) is 1. The number of thioether (sulfide) groups is 1. The lowest BCUT2D eigenvalue weighted by Crippen LogP contribution is -2.33. The maximum absolute atomic E-state index is 14.1. The van der Waals surface area contributed by atoms with Crippen LogP contribution in [0.25, 0.3) is 0 Å². The maximum atomic E-state index is 14.1. The molecule has 4 aromatic rings. The maximum Gasteiger partial charge on any atom is 0.416 e. The number of sulfonamides is 1. The molecule has 3 heterocycles. The van der Waals surface area contributed by atoms with Crippen molar-refractivity contribution < 1.29 is 45.4 Å². The molecule has 2 aliphatic rings. The lowest BCUT2D eigenvalue weighted by Gasteiger charge is -2.31. The highest BCUT2D eigenvalue weighted by atomic mass is 32.2. The molecule has 256 valence electrons. The molecule has 0 radical (unpaired) electrons. The van der Waals surface area contributed by atoms with E-state index in [0.717, 1.165) is 50.8 Å². The summed E-state index contributed by atoms with van der Waals surface area (Å²) in [5.74, 6) is -3.58. The Morgan fingerprint density at radius 1 is 0.959 bits per heavy atom. The fourth-order valence-corrected chi connectivity index (χ4v) is 9.10. The molecule has 3 aromatic carbocycles. The molecule has 1 fully saturated rings. The molecule has 3 atom stereocenters. The van der Waals surface area contributed by atoms with Crippen LogP contribution in [0, 0.1) is 5.92 Å². The molecule has 0 spiro atoms. The Morgan fingerprint density at radius 3 is 2.29 bits per heavy atom. The van der Waals surface area contributed by atoms with Gasteiger partial charge in [-0.25, -0.2) is 18.5 Å². The number of nitrogens with one attached hydrogen (secondary N) is 1. The first kappa shape index (κ1) is 34.2. The molecule has 0 saturated carbocycles. The number of ether oxygens (including phenoxy) is 2. The normalized spacial score (nSPS) is 19.0. The quantitative estimate of drug-likeness (QED) is 0.254. The highest BCUT2D eigenvalue weighted by molar-refractivity contribution is 8.00. The molecule has 49 heavy (non-hydrogen) atoms. The highest BCUT2D eigenvalue weighted by Crippen LogP contribution is 2.54. The Morgan fingerprint density at radius 2 is 1.65 bits per heavy atom. The predicted octanol–water partition coefficient (Wildman–Crippen LogP) is 4.03. The molecule has 0 unspecified atom stereocenters. The number of thiazole rings is 1. The summed E-state index contributed by atoms with van der Waals surface area (Å²) in [6.45, 7) is -0.510. The van der Waals surface area contributed by atoms with Crippen LogP contribution in [0.1, 0.15) is 21.9 Å². The van der Waals surface area contributed by atoms with Gasteiger partial charge in [0.25, 0.3) is 0 Å². The summed E-state index contributed by atoms with van der Waals surface area (Å²) < 4.78 is 75.8. The third-order valence-corrected chi connectivity index (χ3v) is 11.5. The zero-order valence-electron chi connectivity index (χ0n) is 25.4. The number of imide groups is 1. The molecule has 0 bridgehead atoms. The minimum atomic E-state index is -4.73. The summed E-state index contributed by atoms with van der Waals surface area (Å²) in [5.41, 5.74) is -0.602. The Labute approximate surface area is 284 Å². The van der Waals surface area contributed by atoms with E-state index < -0.39 is 68.0 Å². The number of halogens is 3. The number of carbonyl (C=O) groups excluding carboxylic acids is 3. The van der Waals surface area contributed by atoms with Gasteiger partial charge in [-0.3, -0.25) is 23.7 Å². The number of primary sulfonamides is 1. The predicted molar refractivity (Wildman–Crippen MR) is 173 cm³/mol. The van der Waals surface area contributed by atoms with Crippen molar-refractivity contribution in [3.63, 3.8) is 0 Å². The number of fused-ring (bicyclic) bond motifs is 2. The standard InChI is InChI=1S/C31H25F3N4O8S3/c1-45-20-11-6-15(12-21(20)46-2)23-24-25(28(41)38(27(24)40)18-5-3-4-16(13-18)31(32,33)34)47-29-26(23)48-30(42)37(29)14-22(39)36-17-7-9-19(10-8-17)49(35,43)44/h3-13,23-25H,14H2,1-2H3,(H,36,39)(H2,35,43,44)/t23-,24+,25-/m0/s1. The topological polar surface area (TPSA) is 167 Å². The Hall–Kier alpha value is -4.65. The van der Waals surface area contributed by atoms with Gasteiger partial charge < -0.3 is 14.8 Å². The molecule has 18 heteroatoms. The van der Waals surface area contributed by atoms with Gasteiger partial charge in [0.2, 0.25) is 27.7 Å². The van der Waals surface area contributed by atoms with E-state index in [1.807, 2.05) is 0 Å². The summed E-state index contributed by atoms with van der Waals surface area (Å²) in [5, 5.41) is 6.78. The molecule has 2 aliphatic heterocycles. The third-order valence-electron chi connectivity index (χ3n) is 8.02. The van der Waals surface area contributed by atoms with Crippen molar-refractivity contribution in [3.05, 3.63) is 92.4 Å². The molecule has 12 nitrogen and oxygen atoms in total. The van der Waals surface area contributed by atoms with Gasteiger partial charge in [0, 0.05) is 16.5 Å². The van der Waals surface area contributed by atoms with Crippen molar-refractivity contribution in [2.45, 2.75) is 33.8 Å². The zero-order chi connectivity index (χ0) is 35.4. The summed E-state index contributed by atoms with van der Waals surface area (Å²) in [6.07, 6.45) is -4.73. The molecule has 0 aliphatic carbocycles. The average Bonchev–Trinajstić information content (AvgIpc) is 3.49. The number of rotatable bonds is 8. The molecule has 6 rings (SSSR count). The number of hydrogen-bond donors (Lipinski definition) is 2. The summed E-state index contributed by atoms with van der Waals surface area (Å²) in [6, 6.07) is 13.8. The zero-order valence-corrected chi connectivity index (χ0v) is 27.8. The Balaban J connectivity index is 1.41. The van der Waals surface area contributed by atoms with Gasteiger partial charge in [-0.1, -0.05) is 35.2 Å². The van der Waals surface area contributed by atoms with E-state index >= 15 is 0 Å². The van der Waals surface area contributed by atoms with E-state index in [9.17, 15) is 40.8 Å². The summed E-state index contributed by atoms with van der Waals surface area (Å²) in [4.78, 5) is 55.0. The number of carbonyl (C=O) groups is 3. The van der Waals surface area contributed by atoms with Crippen LogP contribution in [0.3, 0.4) is 0 Å². The van der Waals surface area contributed by atoms with Crippen LogP contribution in [-0.4, -0.2) is 50.2 Å². The van der Waals surface area contributed by atoms with Gasteiger partial charge in [0.15, 0.2) is 11.5 Å². The van der Waals surface area contributed by atoms with E-state index in [0.29, 0.717) is 21.9 Å². The van der Waals surface area contributed by atoms with Gasteiger partial charge >= 0.3 is 11.0 Å². The van der Waals surface area contributed by atoms with Gasteiger partial charge in [-0.15, -0.1) is 0 Å². The minimum Gasteiger partial charge on any atom is -0.493 e. The van der Waals surface area contributed by atoms with Crippen LogP contribution in [0.4, 0.5) is 24.5 Å². The van der Waals surface area contributed by atoms with Crippen molar-refractivity contribution in [2.24, 2.45) is 11.1 Å². The van der Waals surface area contributed by atoms with E-state index in [1.165, 1.54) is 44.6 Å². The molecular formula is C31H25F3N4O8S3. The number of anilines is 2. The van der Waals surface area contributed by atoms with E-state index in [2.05, 4.69) is 5.32 Å². The van der Waals surface area contributed by atoms with Gasteiger partial charge in [0.05, 0.1) is 41.3 Å². The van der Waals surface area contributed by atoms with Gasteiger partial charge in [-0.2, -0.15) is 13.2 Å². The summed E-state index contributed by atoms with van der Waals surface area (Å²) >= 11 is 1.66. The number of benzene rings is 3. The first-order chi connectivity index (χ1) is 23.1. The number of hydrogen-bond acceptors (Lipinski definition) is 10. The number of aromatic nitrogens is 1. The van der Waals surface area contributed by atoms with Gasteiger partial charge in [0.1, 0.15) is 11.8 Å². The fourth-order valence-electron chi connectivity index (χ4n) is 5.81. The SMILES string of the molecule is COc1ccc([C@@H]2c3sc(=O)n(CC(=O)Nc4ccc(S(N)(=O)=O)cc4)c3S[C@@H]3C(=O)N(c4cccc(C(F)(F)F)c4)C(=O)[C@H]23)cc1OC. The number of amides is 3. The first-order valence-corrected chi connectivity index (χ1v) is 17.5. The highest BCUT2D eigenvalue weighted by Gasteiger charge is 2.57.